The second-order valence-electron chi connectivity index (χ2n) is 6.58. The molecule has 3 heterocycles. The molecule has 0 spiro atoms. The molecule has 1 atom stereocenters. The van der Waals surface area contributed by atoms with Gasteiger partial charge in [0.1, 0.15) is 6.26 Å². The molecule has 3 aromatic heterocycles. The number of benzene rings is 1. The first-order valence-corrected chi connectivity index (χ1v) is 10.8. The van der Waals surface area contributed by atoms with Gasteiger partial charge in [-0.2, -0.15) is 0 Å². The molecule has 0 fully saturated rings. The first kappa shape index (κ1) is 19.0. The monoisotopic (exact) mass is 406 g/mol. The molecule has 4 aromatic rings. The standard InChI is InChI=1S/C21H18N4O3S/c1-29(27,28)17-9-7-16(8-10-17)19-18-6-2-3-12-25(18)20(24-19)21(26)23-14-15-5-4-11-22-13-15/h2-13H,14H2,1H3,(H-,23,26,27,28). The van der Waals surface area contributed by atoms with Crippen LogP contribution in [0.4, 0.5) is 0 Å². The predicted octanol–water partition coefficient (Wildman–Crippen LogP) is 2.94. The lowest BCUT2D eigenvalue weighted by molar-refractivity contribution is 0.0940. The summed E-state index contributed by atoms with van der Waals surface area (Å²) in [6.07, 6.45) is 6.31. The number of rotatable bonds is 5. The molecule has 8 heteroatoms. The Morgan fingerprint density at radius 3 is 2.62 bits per heavy atom. The molecule has 7 nitrogen and oxygen atoms in total. The largest absolute Gasteiger partial charge is 0.610 e. The third kappa shape index (κ3) is 3.94. The van der Waals surface area contributed by atoms with Crippen LogP contribution in [-0.2, 0) is 21.0 Å². The van der Waals surface area contributed by atoms with Gasteiger partial charge in [0.2, 0.25) is 5.82 Å². The molecule has 0 saturated carbocycles. The van der Waals surface area contributed by atoms with Gasteiger partial charge in [0.15, 0.2) is 4.90 Å². The maximum absolute atomic E-state index is 12.8. The molecule has 1 aromatic carbocycles. The average molecular weight is 406 g/mol. The van der Waals surface area contributed by atoms with Crippen LogP contribution in [0.15, 0.2) is 78.1 Å². The van der Waals surface area contributed by atoms with Crippen LogP contribution in [0, 0.1) is 0 Å². The molecule has 1 amide bonds. The highest BCUT2D eigenvalue weighted by molar-refractivity contribution is 7.97. The number of carbonyl (C=O) groups is 1. The van der Waals surface area contributed by atoms with Crippen LogP contribution in [0.2, 0.25) is 0 Å². The Morgan fingerprint density at radius 2 is 1.93 bits per heavy atom. The molecule has 1 unspecified atom stereocenters. The highest BCUT2D eigenvalue weighted by Gasteiger charge is 2.19. The molecule has 146 valence electrons. The van der Waals surface area contributed by atoms with E-state index in [1.165, 1.54) is 6.26 Å². The Kier molecular flexibility index (Phi) is 4.96. The van der Waals surface area contributed by atoms with Crippen molar-refractivity contribution in [2.45, 2.75) is 11.4 Å². The summed E-state index contributed by atoms with van der Waals surface area (Å²) in [6, 6.07) is 15.7. The minimum absolute atomic E-state index is 0.235. The van der Waals surface area contributed by atoms with E-state index in [9.17, 15) is 13.6 Å². The Balaban J connectivity index is 1.68. The summed E-state index contributed by atoms with van der Waals surface area (Å²) in [7, 11) is -3.28. The number of nitrogens with zero attached hydrogens (tertiary/aromatic N) is 3. The number of aromatic nitrogens is 3. The first-order chi connectivity index (χ1) is 13.9. The summed E-state index contributed by atoms with van der Waals surface area (Å²) >= 11 is 0. The average Bonchev–Trinajstić information content (AvgIpc) is 3.12. The molecule has 0 aliphatic carbocycles. The Morgan fingerprint density at radius 1 is 1.14 bits per heavy atom. The first-order valence-electron chi connectivity index (χ1n) is 8.88. The fourth-order valence-electron chi connectivity index (χ4n) is 3.03. The van der Waals surface area contributed by atoms with Crippen LogP contribution in [0.3, 0.4) is 0 Å². The topological polar surface area (TPSA) is 99.4 Å². The lowest BCUT2D eigenvalue weighted by Crippen LogP contribution is -2.25. The van der Waals surface area contributed by atoms with Crippen molar-refractivity contribution in [1.29, 1.82) is 0 Å². The molecule has 1 N–H and O–H groups in total. The van der Waals surface area contributed by atoms with Crippen molar-refractivity contribution in [3.63, 3.8) is 0 Å². The minimum Gasteiger partial charge on any atom is -0.610 e. The van der Waals surface area contributed by atoms with Gasteiger partial charge >= 0.3 is 0 Å². The maximum atomic E-state index is 12.8. The van der Waals surface area contributed by atoms with Gasteiger partial charge in [-0.25, -0.2) is 4.98 Å². The molecule has 29 heavy (non-hydrogen) atoms. The van der Waals surface area contributed by atoms with Crippen molar-refractivity contribution in [2.75, 3.05) is 6.26 Å². The van der Waals surface area contributed by atoms with E-state index in [1.807, 2.05) is 30.3 Å². The van der Waals surface area contributed by atoms with Gasteiger partial charge in [0.05, 0.1) is 21.4 Å². The van der Waals surface area contributed by atoms with E-state index in [-0.39, 0.29) is 16.6 Å². The van der Waals surface area contributed by atoms with E-state index < -0.39 is 10.2 Å². The Hall–Kier alpha value is -3.36. The smallest absolute Gasteiger partial charge is 0.287 e. The van der Waals surface area contributed by atoms with E-state index in [0.717, 1.165) is 16.6 Å². The molecule has 0 aliphatic heterocycles. The highest BCUT2D eigenvalue weighted by Crippen LogP contribution is 2.26. The Labute approximate surface area is 168 Å². The summed E-state index contributed by atoms with van der Waals surface area (Å²) in [6.45, 7) is 0.340. The van der Waals surface area contributed by atoms with Crippen LogP contribution in [0.1, 0.15) is 16.2 Å². The molecule has 4 rings (SSSR count). The summed E-state index contributed by atoms with van der Waals surface area (Å²) in [5.74, 6) is -0.0549. The van der Waals surface area contributed by atoms with E-state index in [4.69, 9.17) is 0 Å². The SMILES string of the molecule is C[S+](=O)([O-])c1ccc(-c2nc(C(=O)NCc3cccnc3)n3ccccc23)cc1. The van der Waals surface area contributed by atoms with Crippen molar-refractivity contribution in [1.82, 2.24) is 19.7 Å². The van der Waals surface area contributed by atoms with Crippen molar-refractivity contribution >= 4 is 21.6 Å². The quantitative estimate of drug-likeness (QED) is 0.514. The summed E-state index contributed by atoms with van der Waals surface area (Å²) in [5.41, 5.74) is 2.98. The summed E-state index contributed by atoms with van der Waals surface area (Å²) in [4.78, 5) is 21.6. The van der Waals surface area contributed by atoms with E-state index in [1.54, 1.807) is 47.3 Å². The van der Waals surface area contributed by atoms with Crippen LogP contribution >= 0.6 is 0 Å². The number of imidazole rings is 1. The lowest BCUT2D eigenvalue weighted by Gasteiger charge is -2.08. The fourth-order valence-corrected chi connectivity index (χ4v) is 3.66. The molecule has 0 radical (unpaired) electrons. The molecule has 0 bridgehead atoms. The number of hydrogen-bond acceptors (Lipinski definition) is 5. The van der Waals surface area contributed by atoms with Crippen LogP contribution in [0.5, 0.6) is 0 Å². The van der Waals surface area contributed by atoms with Crippen LogP contribution in [-0.4, -0.2) is 31.1 Å². The zero-order chi connectivity index (χ0) is 20.4. The van der Waals surface area contributed by atoms with Crippen molar-refractivity contribution in [2.24, 2.45) is 0 Å². The third-order valence-corrected chi connectivity index (χ3v) is 5.61. The van der Waals surface area contributed by atoms with E-state index >= 15 is 0 Å². The summed E-state index contributed by atoms with van der Waals surface area (Å²) in [5, 5.41) is 2.86. The molecular weight excluding hydrogens is 388 g/mol. The van der Waals surface area contributed by atoms with Gasteiger partial charge < -0.3 is 9.87 Å². The molecular formula is C21H18N4O3S. The predicted molar refractivity (Wildman–Crippen MR) is 109 cm³/mol. The van der Waals surface area contributed by atoms with E-state index in [2.05, 4.69) is 15.3 Å². The highest BCUT2D eigenvalue weighted by atomic mass is 32.3. The van der Waals surface area contributed by atoms with Crippen molar-refractivity contribution in [3.8, 4) is 11.3 Å². The fraction of sp³-hybridized carbons (Fsp3) is 0.0952. The number of pyridine rings is 2. The normalized spacial score (nSPS) is 13.2. The second-order valence-corrected chi connectivity index (χ2v) is 8.60. The van der Waals surface area contributed by atoms with Crippen LogP contribution < -0.4 is 5.32 Å². The number of amides is 1. The zero-order valence-electron chi connectivity index (χ0n) is 15.6. The van der Waals surface area contributed by atoms with Crippen LogP contribution in [0.25, 0.3) is 16.8 Å². The molecule has 0 saturated heterocycles. The second kappa shape index (κ2) is 7.57. The van der Waals surface area contributed by atoms with Gasteiger partial charge in [0.25, 0.3) is 5.91 Å². The van der Waals surface area contributed by atoms with Gasteiger partial charge in [-0.05, 0) is 48.0 Å². The van der Waals surface area contributed by atoms with Crippen molar-refractivity contribution < 1.29 is 13.6 Å². The Bertz CT molecular complexity index is 1210. The van der Waals surface area contributed by atoms with Gasteiger partial charge in [-0.1, -0.05) is 12.1 Å². The summed E-state index contributed by atoms with van der Waals surface area (Å²) < 4.78 is 25.1. The number of carbonyl (C=O) groups excluding carboxylic acids is 1. The lowest BCUT2D eigenvalue weighted by atomic mass is 10.1. The number of fused-ring (bicyclic) bond motifs is 1. The van der Waals surface area contributed by atoms with Gasteiger partial charge in [-0.15, -0.1) is 4.21 Å². The number of nitrogens with one attached hydrogen (secondary N) is 1. The number of hydrogen-bond donors (Lipinski definition) is 1. The van der Waals surface area contributed by atoms with E-state index in [0.29, 0.717) is 12.2 Å². The van der Waals surface area contributed by atoms with Gasteiger partial charge in [0, 0.05) is 30.7 Å². The minimum atomic E-state index is -3.28. The third-order valence-electron chi connectivity index (χ3n) is 4.48. The number of sulfone groups is 1. The van der Waals surface area contributed by atoms with Crippen molar-refractivity contribution in [3.05, 3.63) is 84.6 Å². The maximum Gasteiger partial charge on any atom is 0.287 e. The van der Waals surface area contributed by atoms with Gasteiger partial charge in [-0.3, -0.25) is 14.2 Å². The molecule has 0 aliphatic rings. The zero-order valence-corrected chi connectivity index (χ0v) is 16.4.